The molecule has 0 atom stereocenters. The summed E-state index contributed by atoms with van der Waals surface area (Å²) < 4.78 is 0. The van der Waals surface area contributed by atoms with E-state index in [1.165, 1.54) is 6.20 Å². The molecule has 3 rings (SSSR count). The molecule has 1 amide bonds. The molecule has 0 aliphatic carbocycles. The van der Waals surface area contributed by atoms with Crippen LogP contribution in [0.1, 0.15) is 10.5 Å². The SMILES string of the molecule is C=CCNC(=O)c1ccnc(Nc2cccc3cccnc23)n1. The van der Waals surface area contributed by atoms with E-state index in [9.17, 15) is 4.79 Å². The number of nitrogens with one attached hydrogen (secondary N) is 2. The van der Waals surface area contributed by atoms with Crippen molar-refractivity contribution in [2.24, 2.45) is 0 Å². The van der Waals surface area contributed by atoms with Gasteiger partial charge in [0.2, 0.25) is 5.95 Å². The molecule has 2 N–H and O–H groups in total. The number of benzene rings is 1. The third kappa shape index (κ3) is 3.32. The minimum atomic E-state index is -0.272. The number of carbonyl (C=O) groups excluding carboxylic acids is 1. The number of hydrogen-bond acceptors (Lipinski definition) is 5. The number of nitrogens with zero attached hydrogens (tertiary/aromatic N) is 3. The minimum absolute atomic E-state index is 0.272. The van der Waals surface area contributed by atoms with Crippen LogP contribution in [0.15, 0.2) is 61.4 Å². The van der Waals surface area contributed by atoms with Crippen LogP contribution in [0.2, 0.25) is 0 Å². The Bertz CT molecular complexity index is 857. The van der Waals surface area contributed by atoms with Crippen molar-refractivity contribution < 1.29 is 4.79 Å². The van der Waals surface area contributed by atoms with Crippen LogP contribution >= 0.6 is 0 Å². The van der Waals surface area contributed by atoms with Gasteiger partial charge < -0.3 is 10.6 Å². The molecular weight excluding hydrogens is 290 g/mol. The van der Waals surface area contributed by atoms with E-state index >= 15 is 0 Å². The van der Waals surface area contributed by atoms with Gasteiger partial charge in [-0.3, -0.25) is 9.78 Å². The Morgan fingerprint density at radius 1 is 1.13 bits per heavy atom. The summed E-state index contributed by atoms with van der Waals surface area (Å²) in [5, 5.41) is 6.81. The maximum absolute atomic E-state index is 11.9. The number of aromatic nitrogens is 3. The Kier molecular flexibility index (Phi) is 4.24. The highest BCUT2D eigenvalue weighted by atomic mass is 16.1. The maximum atomic E-state index is 11.9. The zero-order chi connectivity index (χ0) is 16.1. The first-order chi connectivity index (χ1) is 11.3. The van der Waals surface area contributed by atoms with Crippen LogP contribution in [-0.2, 0) is 0 Å². The molecular formula is C17H15N5O. The molecule has 3 aromatic rings. The predicted molar refractivity (Wildman–Crippen MR) is 89.6 cm³/mol. The van der Waals surface area contributed by atoms with Gasteiger partial charge in [0.05, 0.1) is 11.2 Å². The molecule has 0 saturated heterocycles. The second-order valence-electron chi connectivity index (χ2n) is 4.77. The molecule has 0 aliphatic rings. The summed E-state index contributed by atoms with van der Waals surface area (Å²) in [6.45, 7) is 3.95. The second kappa shape index (κ2) is 6.65. The molecule has 0 aliphatic heterocycles. The number of pyridine rings is 1. The van der Waals surface area contributed by atoms with Crippen LogP contribution in [0.25, 0.3) is 10.9 Å². The third-order valence-corrected chi connectivity index (χ3v) is 3.17. The Balaban J connectivity index is 1.88. The van der Waals surface area contributed by atoms with Gasteiger partial charge in [0, 0.05) is 24.3 Å². The van der Waals surface area contributed by atoms with E-state index < -0.39 is 0 Å². The number of hydrogen-bond donors (Lipinski definition) is 2. The number of fused-ring (bicyclic) bond motifs is 1. The monoisotopic (exact) mass is 305 g/mol. The summed E-state index contributed by atoms with van der Waals surface area (Å²) in [6.07, 6.45) is 4.88. The standard InChI is InChI=1S/C17H15N5O/c1-2-9-19-16(23)14-8-11-20-17(22-14)21-13-7-3-5-12-6-4-10-18-15(12)13/h2-8,10-11H,1,9H2,(H,19,23)(H,20,21,22). The van der Waals surface area contributed by atoms with Crippen molar-refractivity contribution in [3.8, 4) is 0 Å². The zero-order valence-electron chi connectivity index (χ0n) is 12.4. The molecule has 0 unspecified atom stereocenters. The summed E-state index contributed by atoms with van der Waals surface area (Å²) in [6, 6.07) is 11.2. The van der Waals surface area contributed by atoms with Crippen LogP contribution in [-0.4, -0.2) is 27.4 Å². The lowest BCUT2D eigenvalue weighted by molar-refractivity contribution is 0.0953. The van der Waals surface area contributed by atoms with Crippen molar-refractivity contribution in [1.82, 2.24) is 20.3 Å². The lowest BCUT2D eigenvalue weighted by Crippen LogP contribution is -2.24. The van der Waals surface area contributed by atoms with E-state index in [-0.39, 0.29) is 11.6 Å². The quantitative estimate of drug-likeness (QED) is 0.708. The topological polar surface area (TPSA) is 79.8 Å². The summed E-state index contributed by atoms with van der Waals surface area (Å²) in [7, 11) is 0. The Morgan fingerprint density at radius 2 is 2.00 bits per heavy atom. The highest BCUT2D eigenvalue weighted by molar-refractivity contribution is 5.93. The molecule has 6 nitrogen and oxygen atoms in total. The summed E-state index contributed by atoms with van der Waals surface area (Å²) in [4.78, 5) is 24.7. The first-order valence-electron chi connectivity index (χ1n) is 7.11. The molecule has 0 bridgehead atoms. The Hall–Kier alpha value is -3.28. The zero-order valence-corrected chi connectivity index (χ0v) is 12.4. The van der Waals surface area contributed by atoms with Crippen molar-refractivity contribution in [2.75, 3.05) is 11.9 Å². The molecule has 0 saturated carbocycles. The van der Waals surface area contributed by atoms with Gasteiger partial charge in [-0.25, -0.2) is 9.97 Å². The Morgan fingerprint density at radius 3 is 2.87 bits per heavy atom. The van der Waals surface area contributed by atoms with Gasteiger partial charge in [0.25, 0.3) is 5.91 Å². The minimum Gasteiger partial charge on any atom is -0.347 e. The second-order valence-corrected chi connectivity index (χ2v) is 4.77. The van der Waals surface area contributed by atoms with Crippen LogP contribution in [0.5, 0.6) is 0 Å². The lowest BCUT2D eigenvalue weighted by Gasteiger charge is -2.08. The lowest BCUT2D eigenvalue weighted by atomic mass is 10.2. The average molecular weight is 305 g/mol. The average Bonchev–Trinajstić information content (AvgIpc) is 2.60. The van der Waals surface area contributed by atoms with Gasteiger partial charge >= 0.3 is 0 Å². The molecule has 114 valence electrons. The first kappa shape index (κ1) is 14.6. The van der Waals surface area contributed by atoms with Crippen LogP contribution in [0.4, 0.5) is 11.6 Å². The van der Waals surface area contributed by atoms with E-state index in [0.29, 0.717) is 12.5 Å². The Labute approximate surface area is 133 Å². The molecule has 6 heteroatoms. The van der Waals surface area contributed by atoms with Crippen molar-refractivity contribution in [3.05, 3.63) is 67.1 Å². The van der Waals surface area contributed by atoms with Gasteiger partial charge in [0.1, 0.15) is 5.69 Å². The van der Waals surface area contributed by atoms with Gasteiger partial charge in [-0.2, -0.15) is 0 Å². The summed E-state index contributed by atoms with van der Waals surface area (Å²) in [5.41, 5.74) is 1.89. The normalized spacial score (nSPS) is 10.3. The smallest absolute Gasteiger partial charge is 0.270 e. The fraction of sp³-hybridized carbons (Fsp3) is 0.0588. The first-order valence-corrected chi connectivity index (χ1v) is 7.11. The predicted octanol–water partition coefficient (Wildman–Crippen LogP) is 2.68. The fourth-order valence-electron chi connectivity index (χ4n) is 2.13. The van der Waals surface area contributed by atoms with Crippen LogP contribution in [0, 0.1) is 0 Å². The number of amides is 1. The largest absolute Gasteiger partial charge is 0.347 e. The molecule has 0 spiro atoms. The van der Waals surface area contributed by atoms with E-state index in [0.717, 1.165) is 16.6 Å². The number of para-hydroxylation sites is 1. The fourth-order valence-corrected chi connectivity index (χ4v) is 2.13. The number of rotatable bonds is 5. The number of anilines is 2. The molecule has 0 fully saturated rings. The van der Waals surface area contributed by atoms with Gasteiger partial charge in [0.15, 0.2) is 0 Å². The van der Waals surface area contributed by atoms with Gasteiger partial charge in [-0.15, -0.1) is 6.58 Å². The number of carbonyl (C=O) groups is 1. The van der Waals surface area contributed by atoms with E-state index in [1.807, 2.05) is 30.3 Å². The molecule has 2 heterocycles. The molecule has 0 radical (unpaired) electrons. The van der Waals surface area contributed by atoms with Crippen molar-refractivity contribution in [3.63, 3.8) is 0 Å². The van der Waals surface area contributed by atoms with E-state index in [1.54, 1.807) is 18.3 Å². The third-order valence-electron chi connectivity index (χ3n) is 3.17. The van der Waals surface area contributed by atoms with Crippen LogP contribution in [0.3, 0.4) is 0 Å². The van der Waals surface area contributed by atoms with Crippen molar-refractivity contribution in [1.29, 1.82) is 0 Å². The van der Waals surface area contributed by atoms with E-state index in [2.05, 4.69) is 32.2 Å². The summed E-state index contributed by atoms with van der Waals surface area (Å²) >= 11 is 0. The van der Waals surface area contributed by atoms with Gasteiger partial charge in [-0.05, 0) is 18.2 Å². The molecule has 1 aromatic carbocycles. The highest BCUT2D eigenvalue weighted by Crippen LogP contribution is 2.22. The van der Waals surface area contributed by atoms with Crippen LogP contribution < -0.4 is 10.6 Å². The maximum Gasteiger partial charge on any atom is 0.270 e. The summed E-state index contributed by atoms with van der Waals surface area (Å²) in [5.74, 6) is 0.0702. The highest BCUT2D eigenvalue weighted by Gasteiger charge is 2.09. The van der Waals surface area contributed by atoms with E-state index in [4.69, 9.17) is 0 Å². The van der Waals surface area contributed by atoms with Crippen molar-refractivity contribution >= 4 is 28.4 Å². The molecule has 23 heavy (non-hydrogen) atoms. The van der Waals surface area contributed by atoms with Gasteiger partial charge in [-0.1, -0.05) is 24.3 Å². The van der Waals surface area contributed by atoms with Crippen molar-refractivity contribution in [2.45, 2.75) is 0 Å². The molecule has 2 aromatic heterocycles.